The summed E-state index contributed by atoms with van der Waals surface area (Å²) in [7, 11) is 0. The van der Waals surface area contributed by atoms with Gasteiger partial charge in [0, 0.05) is 0 Å². The van der Waals surface area contributed by atoms with E-state index in [4.69, 9.17) is 16.9 Å². The second-order valence-corrected chi connectivity index (χ2v) is 4.29. The van der Waals surface area contributed by atoms with Crippen LogP contribution in [0.4, 0.5) is 13.2 Å². The van der Waals surface area contributed by atoms with E-state index in [9.17, 15) is 13.2 Å². The molecule has 2 rings (SSSR count). The van der Waals surface area contributed by atoms with Crippen molar-refractivity contribution < 1.29 is 13.2 Å². The molecule has 0 aromatic heterocycles. The molecule has 0 atom stereocenters. The normalized spacial score (nSPS) is 11.1. The summed E-state index contributed by atoms with van der Waals surface area (Å²) in [6, 6.07) is 11.4. The largest absolute Gasteiger partial charge is 0.416 e. The van der Waals surface area contributed by atoms with Crippen LogP contribution in [0.3, 0.4) is 0 Å². The lowest BCUT2D eigenvalue weighted by Gasteiger charge is -2.09. The maximum absolute atomic E-state index is 12.6. The first-order chi connectivity index (χ1) is 8.91. The molecule has 0 aliphatic carbocycles. The molecule has 5 heteroatoms. The van der Waals surface area contributed by atoms with Gasteiger partial charge < -0.3 is 0 Å². The van der Waals surface area contributed by atoms with E-state index < -0.39 is 11.7 Å². The standard InChI is InChI=1S/C14H7ClF3N/c15-13-5-4-10(6-11(13)8-19)9-2-1-3-12(7-9)14(16,17)18/h1-7H. The van der Waals surface area contributed by atoms with Crippen molar-refractivity contribution >= 4 is 11.6 Å². The van der Waals surface area contributed by atoms with Gasteiger partial charge in [-0.25, -0.2) is 0 Å². The lowest BCUT2D eigenvalue weighted by Crippen LogP contribution is -2.04. The second kappa shape index (κ2) is 4.94. The third kappa shape index (κ3) is 2.88. The molecule has 96 valence electrons. The third-order valence-corrected chi connectivity index (χ3v) is 2.94. The van der Waals surface area contributed by atoms with Crippen molar-refractivity contribution in [1.82, 2.24) is 0 Å². The van der Waals surface area contributed by atoms with Gasteiger partial charge in [0.2, 0.25) is 0 Å². The summed E-state index contributed by atoms with van der Waals surface area (Å²) in [5.74, 6) is 0. The number of nitrogens with zero attached hydrogens (tertiary/aromatic N) is 1. The number of halogens is 4. The smallest absolute Gasteiger partial charge is 0.192 e. The number of hydrogen-bond donors (Lipinski definition) is 0. The topological polar surface area (TPSA) is 23.8 Å². The molecule has 0 spiro atoms. The van der Waals surface area contributed by atoms with Gasteiger partial charge in [-0.05, 0) is 35.4 Å². The Balaban J connectivity index is 2.51. The van der Waals surface area contributed by atoms with E-state index >= 15 is 0 Å². The molecule has 0 fully saturated rings. The van der Waals surface area contributed by atoms with Crippen LogP contribution in [-0.2, 0) is 6.18 Å². The van der Waals surface area contributed by atoms with Crippen LogP contribution >= 0.6 is 11.6 Å². The van der Waals surface area contributed by atoms with E-state index in [1.807, 2.05) is 6.07 Å². The molecule has 0 saturated heterocycles. The number of benzene rings is 2. The van der Waals surface area contributed by atoms with Crippen LogP contribution in [-0.4, -0.2) is 0 Å². The molecule has 0 bridgehead atoms. The van der Waals surface area contributed by atoms with E-state index in [0.717, 1.165) is 12.1 Å². The average Bonchev–Trinajstić information content (AvgIpc) is 2.38. The van der Waals surface area contributed by atoms with Gasteiger partial charge in [-0.1, -0.05) is 29.8 Å². The van der Waals surface area contributed by atoms with Gasteiger partial charge in [0.15, 0.2) is 0 Å². The van der Waals surface area contributed by atoms with Gasteiger partial charge in [-0.2, -0.15) is 18.4 Å². The van der Waals surface area contributed by atoms with Gasteiger partial charge in [0.25, 0.3) is 0 Å². The number of rotatable bonds is 1. The van der Waals surface area contributed by atoms with Gasteiger partial charge in [0.1, 0.15) is 6.07 Å². The van der Waals surface area contributed by atoms with E-state index in [2.05, 4.69) is 0 Å². The van der Waals surface area contributed by atoms with E-state index in [1.54, 1.807) is 12.1 Å². The molecule has 2 aromatic carbocycles. The highest BCUT2D eigenvalue weighted by atomic mass is 35.5. The fraction of sp³-hybridized carbons (Fsp3) is 0.0714. The molecule has 0 saturated carbocycles. The van der Waals surface area contributed by atoms with E-state index in [1.165, 1.54) is 18.2 Å². The SMILES string of the molecule is N#Cc1cc(-c2cccc(C(F)(F)F)c2)ccc1Cl. The first-order valence-corrected chi connectivity index (χ1v) is 5.67. The van der Waals surface area contributed by atoms with Crippen molar-refractivity contribution in [3.63, 3.8) is 0 Å². The Morgan fingerprint density at radius 1 is 1.00 bits per heavy atom. The highest BCUT2D eigenvalue weighted by Crippen LogP contribution is 2.32. The molecular formula is C14H7ClF3N. The molecule has 0 unspecified atom stereocenters. The molecule has 19 heavy (non-hydrogen) atoms. The average molecular weight is 282 g/mol. The number of alkyl halides is 3. The highest BCUT2D eigenvalue weighted by Gasteiger charge is 2.30. The van der Waals surface area contributed by atoms with Gasteiger partial charge in [-0.3, -0.25) is 0 Å². The molecule has 0 aliphatic heterocycles. The maximum Gasteiger partial charge on any atom is 0.416 e. The summed E-state index contributed by atoms with van der Waals surface area (Å²) in [6.07, 6.45) is -4.39. The van der Waals surface area contributed by atoms with Crippen molar-refractivity contribution in [1.29, 1.82) is 5.26 Å². The van der Waals surface area contributed by atoms with Gasteiger partial charge in [-0.15, -0.1) is 0 Å². The first-order valence-electron chi connectivity index (χ1n) is 5.29. The van der Waals surface area contributed by atoms with E-state index in [-0.39, 0.29) is 10.6 Å². The molecule has 0 amide bonds. The Bertz CT molecular complexity index is 656. The zero-order valence-corrected chi connectivity index (χ0v) is 10.3. The summed E-state index contributed by atoms with van der Waals surface area (Å²) < 4.78 is 37.9. The van der Waals surface area contributed by atoms with E-state index in [0.29, 0.717) is 11.1 Å². The lowest BCUT2D eigenvalue weighted by molar-refractivity contribution is -0.137. The highest BCUT2D eigenvalue weighted by molar-refractivity contribution is 6.31. The molecule has 0 N–H and O–H groups in total. The Kier molecular flexibility index (Phi) is 3.50. The monoisotopic (exact) mass is 281 g/mol. The van der Waals surface area contributed by atoms with Crippen LogP contribution in [0.15, 0.2) is 42.5 Å². The Morgan fingerprint density at radius 3 is 2.32 bits per heavy atom. The fourth-order valence-electron chi connectivity index (χ4n) is 1.67. The molecule has 2 aromatic rings. The quantitative estimate of drug-likeness (QED) is 0.729. The molecule has 1 nitrogen and oxygen atoms in total. The predicted molar refractivity (Wildman–Crippen MR) is 66.6 cm³/mol. The Hall–Kier alpha value is -1.99. The minimum Gasteiger partial charge on any atom is -0.192 e. The van der Waals surface area contributed by atoms with Gasteiger partial charge >= 0.3 is 6.18 Å². The molecule has 0 aliphatic rings. The summed E-state index contributed by atoms with van der Waals surface area (Å²) in [6.45, 7) is 0. The minimum atomic E-state index is -4.39. The number of nitriles is 1. The van der Waals surface area contributed by atoms with Crippen LogP contribution < -0.4 is 0 Å². The van der Waals surface area contributed by atoms with Crippen LogP contribution in [0.2, 0.25) is 5.02 Å². The Morgan fingerprint density at radius 2 is 1.68 bits per heavy atom. The maximum atomic E-state index is 12.6. The van der Waals surface area contributed by atoms with Crippen molar-refractivity contribution in [2.45, 2.75) is 6.18 Å². The summed E-state index contributed by atoms with van der Waals surface area (Å²) in [5, 5.41) is 9.14. The van der Waals surface area contributed by atoms with Crippen LogP contribution in [0, 0.1) is 11.3 Å². The second-order valence-electron chi connectivity index (χ2n) is 3.88. The predicted octanol–water partition coefficient (Wildman–Crippen LogP) is 4.90. The van der Waals surface area contributed by atoms with Crippen molar-refractivity contribution in [2.75, 3.05) is 0 Å². The van der Waals surface area contributed by atoms with Gasteiger partial charge in [0.05, 0.1) is 16.1 Å². The van der Waals surface area contributed by atoms with Crippen molar-refractivity contribution in [2.24, 2.45) is 0 Å². The van der Waals surface area contributed by atoms with Crippen molar-refractivity contribution in [3.05, 3.63) is 58.6 Å². The first kappa shape index (κ1) is 13.4. The van der Waals surface area contributed by atoms with Crippen LogP contribution in [0.1, 0.15) is 11.1 Å². The molecular weight excluding hydrogens is 275 g/mol. The summed E-state index contributed by atoms with van der Waals surface area (Å²) >= 11 is 5.79. The summed E-state index contributed by atoms with van der Waals surface area (Å²) in [4.78, 5) is 0. The minimum absolute atomic E-state index is 0.233. The Labute approximate surface area is 112 Å². The molecule has 0 radical (unpaired) electrons. The third-order valence-electron chi connectivity index (χ3n) is 2.61. The zero-order chi connectivity index (χ0) is 14.0. The molecule has 0 heterocycles. The van der Waals surface area contributed by atoms with Crippen LogP contribution in [0.25, 0.3) is 11.1 Å². The van der Waals surface area contributed by atoms with Crippen molar-refractivity contribution in [3.8, 4) is 17.2 Å². The van der Waals surface area contributed by atoms with Crippen LogP contribution in [0.5, 0.6) is 0 Å². The zero-order valence-electron chi connectivity index (χ0n) is 9.50. The summed E-state index contributed by atoms with van der Waals surface area (Å²) in [5.41, 5.74) is 0.421. The number of hydrogen-bond acceptors (Lipinski definition) is 1. The fourth-order valence-corrected chi connectivity index (χ4v) is 1.83. The lowest BCUT2D eigenvalue weighted by atomic mass is 10.0.